The maximum absolute atomic E-state index is 11.4. The van der Waals surface area contributed by atoms with Crippen molar-refractivity contribution in [3.63, 3.8) is 0 Å². The second-order valence-electron chi connectivity index (χ2n) is 4.19. The lowest BCUT2D eigenvalue weighted by Crippen LogP contribution is -2.31. The molecule has 6 nitrogen and oxygen atoms in total. The highest BCUT2D eigenvalue weighted by atomic mass is 16.2. The van der Waals surface area contributed by atoms with Crippen molar-refractivity contribution >= 4 is 17.5 Å². The summed E-state index contributed by atoms with van der Waals surface area (Å²) in [6, 6.07) is 3.65. The zero-order chi connectivity index (χ0) is 13.0. The lowest BCUT2D eigenvalue weighted by Gasteiger charge is -2.12. The molecule has 0 radical (unpaired) electrons. The molecule has 1 atom stereocenters. The van der Waals surface area contributed by atoms with E-state index in [9.17, 15) is 9.59 Å². The van der Waals surface area contributed by atoms with Gasteiger partial charge in [-0.1, -0.05) is 0 Å². The number of aromatic nitrogens is 1. The molecule has 18 heavy (non-hydrogen) atoms. The van der Waals surface area contributed by atoms with Gasteiger partial charge < -0.3 is 16.0 Å². The molecule has 2 amide bonds. The topological polar surface area (TPSA) is 83.1 Å². The number of carbonyl (C=O) groups is 2. The zero-order valence-corrected chi connectivity index (χ0v) is 10.2. The second-order valence-corrected chi connectivity index (χ2v) is 4.19. The third kappa shape index (κ3) is 2.97. The van der Waals surface area contributed by atoms with Crippen LogP contribution in [0.3, 0.4) is 0 Å². The molecule has 3 N–H and O–H groups in total. The lowest BCUT2D eigenvalue weighted by molar-refractivity contribution is -0.119. The molecule has 1 unspecified atom stereocenters. The van der Waals surface area contributed by atoms with Crippen LogP contribution in [-0.2, 0) is 4.79 Å². The molecule has 0 aliphatic carbocycles. The van der Waals surface area contributed by atoms with E-state index in [0.29, 0.717) is 18.7 Å². The predicted octanol–water partition coefficient (Wildman–Crippen LogP) is 0.132. The number of pyridine rings is 1. The van der Waals surface area contributed by atoms with Crippen molar-refractivity contribution in [3.8, 4) is 0 Å². The van der Waals surface area contributed by atoms with Gasteiger partial charge in [-0.2, -0.15) is 0 Å². The minimum Gasteiger partial charge on any atom is -0.383 e. The molecule has 1 saturated heterocycles. The van der Waals surface area contributed by atoms with Crippen LogP contribution in [0.1, 0.15) is 23.3 Å². The Kier molecular flexibility index (Phi) is 3.76. The van der Waals surface area contributed by atoms with Crippen LogP contribution in [0.25, 0.3) is 0 Å². The Morgan fingerprint density at radius 1 is 1.61 bits per heavy atom. The molecule has 0 aromatic carbocycles. The van der Waals surface area contributed by atoms with Gasteiger partial charge in [-0.3, -0.25) is 14.6 Å². The van der Waals surface area contributed by atoms with E-state index >= 15 is 0 Å². The smallest absolute Gasteiger partial charge is 0.269 e. The number of hydrogen-bond donors (Lipinski definition) is 3. The SMILES string of the molecule is CNC(=O)c1cc(NCC2CCC(=O)N2)ccn1. The number of carbonyl (C=O) groups excluding carboxylic acids is 2. The number of rotatable bonds is 4. The molecule has 1 aromatic rings. The van der Waals surface area contributed by atoms with Gasteiger partial charge >= 0.3 is 0 Å². The summed E-state index contributed by atoms with van der Waals surface area (Å²) in [4.78, 5) is 26.4. The summed E-state index contributed by atoms with van der Waals surface area (Å²) in [5, 5.41) is 8.59. The Balaban J connectivity index is 1.93. The van der Waals surface area contributed by atoms with Crippen LogP contribution >= 0.6 is 0 Å². The molecule has 6 heteroatoms. The fraction of sp³-hybridized carbons (Fsp3) is 0.417. The summed E-state index contributed by atoms with van der Waals surface area (Å²) in [7, 11) is 1.57. The average molecular weight is 248 g/mol. The highest BCUT2D eigenvalue weighted by Gasteiger charge is 2.20. The van der Waals surface area contributed by atoms with E-state index in [4.69, 9.17) is 0 Å². The monoisotopic (exact) mass is 248 g/mol. The average Bonchev–Trinajstić information content (AvgIpc) is 2.81. The van der Waals surface area contributed by atoms with Crippen molar-refractivity contribution < 1.29 is 9.59 Å². The zero-order valence-electron chi connectivity index (χ0n) is 10.2. The number of nitrogens with one attached hydrogen (secondary N) is 3. The molecule has 1 aliphatic rings. The van der Waals surface area contributed by atoms with Crippen molar-refractivity contribution in [2.24, 2.45) is 0 Å². The van der Waals surface area contributed by atoms with E-state index in [1.54, 1.807) is 25.4 Å². The molecular weight excluding hydrogens is 232 g/mol. The minimum absolute atomic E-state index is 0.0996. The Morgan fingerprint density at radius 2 is 2.44 bits per heavy atom. The Labute approximate surface area is 105 Å². The van der Waals surface area contributed by atoms with Crippen molar-refractivity contribution in [1.82, 2.24) is 15.6 Å². The standard InChI is InChI=1S/C12H16N4O2/c1-13-12(18)10-6-8(4-5-14-10)15-7-9-2-3-11(17)16-9/h4-6,9H,2-3,7H2,1H3,(H,13,18)(H,14,15)(H,16,17). The van der Waals surface area contributed by atoms with Gasteiger partial charge in [0.25, 0.3) is 5.91 Å². The predicted molar refractivity (Wildman–Crippen MR) is 67.3 cm³/mol. The van der Waals surface area contributed by atoms with E-state index < -0.39 is 0 Å². The molecule has 0 spiro atoms. The first kappa shape index (κ1) is 12.3. The van der Waals surface area contributed by atoms with Crippen LogP contribution in [0.4, 0.5) is 5.69 Å². The molecule has 2 heterocycles. The molecule has 0 saturated carbocycles. The first-order valence-corrected chi connectivity index (χ1v) is 5.90. The number of anilines is 1. The number of hydrogen-bond acceptors (Lipinski definition) is 4. The molecule has 1 fully saturated rings. The fourth-order valence-electron chi connectivity index (χ4n) is 1.86. The van der Waals surface area contributed by atoms with Crippen LogP contribution in [0.15, 0.2) is 18.3 Å². The largest absolute Gasteiger partial charge is 0.383 e. The van der Waals surface area contributed by atoms with Crippen LogP contribution in [0.5, 0.6) is 0 Å². The van der Waals surface area contributed by atoms with Gasteiger partial charge in [0, 0.05) is 37.9 Å². The summed E-state index contributed by atoms with van der Waals surface area (Å²) in [5.41, 5.74) is 1.20. The van der Waals surface area contributed by atoms with Crippen molar-refractivity contribution in [3.05, 3.63) is 24.0 Å². The Bertz CT molecular complexity index is 461. The lowest BCUT2D eigenvalue weighted by atomic mass is 10.2. The normalized spacial score (nSPS) is 18.3. The molecule has 96 valence electrons. The van der Waals surface area contributed by atoms with E-state index in [2.05, 4.69) is 20.9 Å². The third-order valence-corrected chi connectivity index (χ3v) is 2.86. The maximum Gasteiger partial charge on any atom is 0.269 e. The van der Waals surface area contributed by atoms with Crippen molar-refractivity contribution in [1.29, 1.82) is 0 Å². The highest BCUT2D eigenvalue weighted by Crippen LogP contribution is 2.11. The van der Waals surface area contributed by atoms with Crippen LogP contribution in [-0.4, -0.2) is 36.4 Å². The molecule has 1 aliphatic heterocycles. The molecule has 0 bridgehead atoms. The van der Waals surface area contributed by atoms with Gasteiger partial charge in [-0.15, -0.1) is 0 Å². The van der Waals surface area contributed by atoms with Gasteiger partial charge in [-0.05, 0) is 18.6 Å². The third-order valence-electron chi connectivity index (χ3n) is 2.86. The first-order chi connectivity index (χ1) is 8.69. The number of amides is 2. The highest BCUT2D eigenvalue weighted by molar-refractivity contribution is 5.92. The summed E-state index contributed by atoms with van der Waals surface area (Å²) in [5.74, 6) is -0.115. The van der Waals surface area contributed by atoms with E-state index in [-0.39, 0.29) is 17.9 Å². The Hall–Kier alpha value is -2.11. The molecule has 1 aromatic heterocycles. The molecular formula is C12H16N4O2. The van der Waals surface area contributed by atoms with E-state index in [0.717, 1.165) is 12.1 Å². The van der Waals surface area contributed by atoms with Crippen molar-refractivity contribution in [2.45, 2.75) is 18.9 Å². The van der Waals surface area contributed by atoms with Gasteiger partial charge in [0.05, 0.1) is 0 Å². The summed E-state index contributed by atoms with van der Waals surface area (Å²) < 4.78 is 0. The van der Waals surface area contributed by atoms with Gasteiger partial charge in [-0.25, -0.2) is 0 Å². The van der Waals surface area contributed by atoms with E-state index in [1.807, 2.05) is 0 Å². The summed E-state index contributed by atoms with van der Waals surface area (Å²) in [6.45, 7) is 0.656. The quantitative estimate of drug-likeness (QED) is 0.707. The van der Waals surface area contributed by atoms with Crippen molar-refractivity contribution in [2.75, 3.05) is 18.9 Å². The van der Waals surface area contributed by atoms with Crippen LogP contribution < -0.4 is 16.0 Å². The van der Waals surface area contributed by atoms with Gasteiger partial charge in [0.2, 0.25) is 5.91 Å². The van der Waals surface area contributed by atoms with E-state index in [1.165, 1.54) is 0 Å². The summed E-state index contributed by atoms with van der Waals surface area (Å²) >= 11 is 0. The number of nitrogens with zero attached hydrogens (tertiary/aromatic N) is 1. The fourth-order valence-corrected chi connectivity index (χ4v) is 1.86. The first-order valence-electron chi connectivity index (χ1n) is 5.90. The molecule has 2 rings (SSSR count). The Morgan fingerprint density at radius 3 is 3.11 bits per heavy atom. The second kappa shape index (κ2) is 5.48. The maximum atomic E-state index is 11.4. The van der Waals surface area contributed by atoms with Gasteiger partial charge in [0.1, 0.15) is 5.69 Å². The van der Waals surface area contributed by atoms with Gasteiger partial charge in [0.15, 0.2) is 0 Å². The van der Waals surface area contributed by atoms with Crippen LogP contribution in [0.2, 0.25) is 0 Å². The van der Waals surface area contributed by atoms with Crippen LogP contribution in [0, 0.1) is 0 Å². The summed E-state index contributed by atoms with van der Waals surface area (Å²) in [6.07, 6.45) is 3.02. The minimum atomic E-state index is -0.215.